The van der Waals surface area contributed by atoms with Crippen LogP contribution in [0.4, 0.5) is 11.6 Å². The van der Waals surface area contributed by atoms with E-state index in [-0.39, 0.29) is 0 Å². The van der Waals surface area contributed by atoms with Crippen LogP contribution in [0.15, 0.2) is 65.4 Å². The highest BCUT2D eigenvalue weighted by molar-refractivity contribution is 9.10. The summed E-state index contributed by atoms with van der Waals surface area (Å²) in [6.07, 6.45) is 3.68. The number of imidazole rings is 1. The van der Waals surface area contributed by atoms with E-state index in [0.717, 1.165) is 21.8 Å². The summed E-state index contributed by atoms with van der Waals surface area (Å²) in [5, 5.41) is 3.98. The maximum Gasteiger partial charge on any atom is 0.212 e. The number of nitrogens with one attached hydrogen (secondary N) is 1. The van der Waals surface area contributed by atoms with Crippen LogP contribution in [0.1, 0.15) is 0 Å². The largest absolute Gasteiger partial charge is 0.324 e. The Labute approximate surface area is 130 Å². The van der Waals surface area contributed by atoms with E-state index < -0.39 is 0 Å². The normalized spacial score (nSPS) is 10.5. The quantitative estimate of drug-likeness (QED) is 0.719. The van der Waals surface area contributed by atoms with Crippen LogP contribution in [-0.2, 0) is 0 Å². The molecule has 0 amide bonds. The van der Waals surface area contributed by atoms with E-state index in [1.807, 2.05) is 59.3 Å². The van der Waals surface area contributed by atoms with Gasteiger partial charge >= 0.3 is 0 Å². The van der Waals surface area contributed by atoms with E-state index in [0.29, 0.717) is 5.02 Å². The summed E-state index contributed by atoms with van der Waals surface area (Å²) in [4.78, 5) is 4.35. The van der Waals surface area contributed by atoms with Gasteiger partial charge in [-0.05, 0) is 46.3 Å². The van der Waals surface area contributed by atoms with Gasteiger partial charge in [-0.2, -0.15) is 0 Å². The van der Waals surface area contributed by atoms with Gasteiger partial charge in [-0.15, -0.1) is 0 Å². The topological polar surface area (TPSA) is 29.9 Å². The Morgan fingerprint density at radius 1 is 1.10 bits per heavy atom. The third-order valence-corrected chi connectivity index (χ3v) is 3.74. The average Bonchev–Trinajstić information content (AvgIpc) is 2.91. The van der Waals surface area contributed by atoms with Gasteiger partial charge in [0.05, 0.1) is 5.69 Å². The summed E-state index contributed by atoms with van der Waals surface area (Å²) in [5.41, 5.74) is 1.97. The lowest BCUT2D eigenvalue weighted by atomic mass is 10.3. The Hall–Kier alpha value is -1.78. The first-order valence-corrected chi connectivity index (χ1v) is 7.22. The molecular weight excluding hydrogens is 338 g/mol. The lowest BCUT2D eigenvalue weighted by Gasteiger charge is -2.11. The molecule has 0 aliphatic heterocycles. The van der Waals surface area contributed by atoms with Crippen molar-refractivity contribution in [3.05, 3.63) is 70.4 Å². The SMILES string of the molecule is Clc1ccc(Nc2nccn2-c2ccccc2)c(Br)c1. The molecule has 2 aromatic carbocycles. The number of hydrogen-bond donors (Lipinski definition) is 1. The Morgan fingerprint density at radius 3 is 2.65 bits per heavy atom. The van der Waals surface area contributed by atoms with Crippen molar-refractivity contribution in [1.29, 1.82) is 0 Å². The molecule has 0 aliphatic rings. The highest BCUT2D eigenvalue weighted by Crippen LogP contribution is 2.28. The number of halogens is 2. The average molecular weight is 349 g/mol. The molecule has 1 aromatic heterocycles. The molecule has 0 saturated carbocycles. The van der Waals surface area contributed by atoms with Gasteiger partial charge in [-0.1, -0.05) is 29.8 Å². The molecule has 1 heterocycles. The van der Waals surface area contributed by atoms with Crippen molar-refractivity contribution in [1.82, 2.24) is 9.55 Å². The maximum atomic E-state index is 5.95. The molecular formula is C15H11BrClN3. The van der Waals surface area contributed by atoms with Crippen molar-refractivity contribution in [3.8, 4) is 5.69 Å². The van der Waals surface area contributed by atoms with Crippen molar-refractivity contribution < 1.29 is 0 Å². The number of anilines is 2. The second-order valence-corrected chi connectivity index (χ2v) is 5.50. The molecule has 0 bridgehead atoms. The fraction of sp³-hybridized carbons (Fsp3) is 0. The predicted octanol–water partition coefficient (Wildman–Crippen LogP) is 5.03. The molecule has 3 rings (SSSR count). The van der Waals surface area contributed by atoms with Gasteiger partial charge in [-0.25, -0.2) is 4.98 Å². The molecule has 0 fully saturated rings. The fourth-order valence-corrected chi connectivity index (χ4v) is 2.69. The fourth-order valence-electron chi connectivity index (χ4n) is 1.90. The highest BCUT2D eigenvalue weighted by atomic mass is 79.9. The minimum atomic E-state index is 0.689. The lowest BCUT2D eigenvalue weighted by Crippen LogP contribution is -2.01. The minimum Gasteiger partial charge on any atom is -0.324 e. The molecule has 0 saturated heterocycles. The van der Waals surface area contributed by atoms with E-state index in [9.17, 15) is 0 Å². The van der Waals surface area contributed by atoms with Crippen LogP contribution in [0, 0.1) is 0 Å². The van der Waals surface area contributed by atoms with Crippen LogP contribution in [-0.4, -0.2) is 9.55 Å². The first kappa shape index (κ1) is 13.2. The van der Waals surface area contributed by atoms with E-state index in [1.165, 1.54) is 0 Å². The second kappa shape index (κ2) is 5.69. The molecule has 3 nitrogen and oxygen atoms in total. The molecule has 5 heteroatoms. The van der Waals surface area contributed by atoms with Gasteiger partial charge in [0.2, 0.25) is 5.95 Å². The van der Waals surface area contributed by atoms with Gasteiger partial charge in [0.25, 0.3) is 0 Å². The standard InChI is InChI=1S/C15H11BrClN3/c16-13-10-11(17)6-7-14(13)19-15-18-8-9-20(15)12-4-2-1-3-5-12/h1-10H,(H,18,19). The Morgan fingerprint density at radius 2 is 1.90 bits per heavy atom. The number of para-hydroxylation sites is 1. The maximum absolute atomic E-state index is 5.95. The van der Waals surface area contributed by atoms with Crippen molar-refractivity contribution in [2.75, 3.05) is 5.32 Å². The van der Waals surface area contributed by atoms with E-state index in [2.05, 4.69) is 26.2 Å². The molecule has 20 heavy (non-hydrogen) atoms. The van der Waals surface area contributed by atoms with Crippen molar-refractivity contribution in [2.24, 2.45) is 0 Å². The van der Waals surface area contributed by atoms with Gasteiger partial charge in [0.1, 0.15) is 0 Å². The van der Waals surface area contributed by atoms with Crippen LogP contribution < -0.4 is 5.32 Å². The predicted molar refractivity (Wildman–Crippen MR) is 86.0 cm³/mol. The zero-order valence-electron chi connectivity index (χ0n) is 10.4. The van der Waals surface area contributed by atoms with Crippen molar-refractivity contribution >= 4 is 39.2 Å². The Bertz CT molecular complexity index is 725. The molecule has 100 valence electrons. The summed E-state index contributed by atoms with van der Waals surface area (Å²) in [7, 11) is 0. The second-order valence-electron chi connectivity index (χ2n) is 4.21. The third kappa shape index (κ3) is 2.71. The number of nitrogens with zero attached hydrogens (tertiary/aromatic N) is 2. The monoisotopic (exact) mass is 347 g/mol. The summed E-state index contributed by atoms with van der Waals surface area (Å²) >= 11 is 9.44. The van der Waals surface area contributed by atoms with Gasteiger partial charge in [-0.3, -0.25) is 4.57 Å². The van der Waals surface area contributed by atoms with Gasteiger partial charge in [0, 0.05) is 27.6 Å². The van der Waals surface area contributed by atoms with Crippen LogP contribution >= 0.6 is 27.5 Å². The smallest absolute Gasteiger partial charge is 0.212 e. The molecule has 0 aliphatic carbocycles. The number of hydrogen-bond acceptors (Lipinski definition) is 2. The Balaban J connectivity index is 1.95. The molecule has 1 N–H and O–H groups in total. The summed E-state index contributed by atoms with van der Waals surface area (Å²) < 4.78 is 2.88. The first-order chi connectivity index (χ1) is 9.74. The molecule has 3 aromatic rings. The Kier molecular flexibility index (Phi) is 3.76. The number of rotatable bonds is 3. The number of benzene rings is 2. The lowest BCUT2D eigenvalue weighted by molar-refractivity contribution is 1.06. The van der Waals surface area contributed by atoms with Crippen LogP contribution in [0.25, 0.3) is 5.69 Å². The van der Waals surface area contributed by atoms with Crippen molar-refractivity contribution in [2.45, 2.75) is 0 Å². The zero-order chi connectivity index (χ0) is 13.9. The molecule has 0 spiro atoms. The minimum absolute atomic E-state index is 0.689. The summed E-state index contributed by atoms with van der Waals surface area (Å²) in [5.74, 6) is 0.749. The van der Waals surface area contributed by atoms with E-state index in [4.69, 9.17) is 11.6 Å². The first-order valence-electron chi connectivity index (χ1n) is 6.05. The van der Waals surface area contributed by atoms with E-state index in [1.54, 1.807) is 6.20 Å². The number of aromatic nitrogens is 2. The summed E-state index contributed by atoms with van der Waals surface area (Å²) in [6, 6.07) is 15.6. The summed E-state index contributed by atoms with van der Waals surface area (Å²) in [6.45, 7) is 0. The van der Waals surface area contributed by atoms with Gasteiger partial charge < -0.3 is 5.32 Å². The molecule has 0 unspecified atom stereocenters. The van der Waals surface area contributed by atoms with Gasteiger partial charge in [0.15, 0.2) is 0 Å². The highest BCUT2D eigenvalue weighted by Gasteiger charge is 2.07. The van der Waals surface area contributed by atoms with Crippen molar-refractivity contribution in [3.63, 3.8) is 0 Å². The van der Waals surface area contributed by atoms with Crippen LogP contribution in [0.3, 0.4) is 0 Å². The molecule has 0 radical (unpaired) electrons. The van der Waals surface area contributed by atoms with Crippen LogP contribution in [0.2, 0.25) is 5.02 Å². The third-order valence-electron chi connectivity index (χ3n) is 2.85. The zero-order valence-corrected chi connectivity index (χ0v) is 12.8. The molecule has 0 atom stereocenters. The van der Waals surface area contributed by atoms with E-state index >= 15 is 0 Å². The van der Waals surface area contributed by atoms with Crippen LogP contribution in [0.5, 0.6) is 0 Å².